The van der Waals surface area contributed by atoms with Crippen molar-refractivity contribution in [1.29, 1.82) is 0 Å². The molecule has 0 aliphatic heterocycles. The second-order valence-corrected chi connectivity index (χ2v) is 7.24. The predicted molar refractivity (Wildman–Crippen MR) is 117 cm³/mol. The number of anilines is 2. The third-order valence-electron chi connectivity index (χ3n) is 4.29. The van der Waals surface area contributed by atoms with Crippen molar-refractivity contribution >= 4 is 46.4 Å². The van der Waals surface area contributed by atoms with E-state index in [1.807, 2.05) is 36.4 Å². The average Bonchev–Trinajstić information content (AvgIpc) is 2.72. The molecule has 0 bridgehead atoms. The zero-order chi connectivity index (χ0) is 20.8. The van der Waals surface area contributed by atoms with E-state index < -0.39 is 11.9 Å². The average molecular weight is 428 g/mol. The van der Waals surface area contributed by atoms with E-state index in [0.29, 0.717) is 17.7 Å². The van der Waals surface area contributed by atoms with Gasteiger partial charge in [-0.05, 0) is 29.8 Å². The quantitative estimate of drug-likeness (QED) is 0.504. The van der Waals surface area contributed by atoms with Gasteiger partial charge in [0.25, 0.3) is 5.91 Å². The molecule has 1 atom stereocenters. The van der Waals surface area contributed by atoms with Crippen LogP contribution in [0.5, 0.6) is 0 Å². The third-order valence-corrected chi connectivity index (χ3v) is 4.91. The van der Waals surface area contributed by atoms with Crippen molar-refractivity contribution in [2.75, 3.05) is 11.1 Å². The van der Waals surface area contributed by atoms with Crippen molar-refractivity contribution in [3.63, 3.8) is 0 Å². The first kappa shape index (κ1) is 20.7. The highest BCUT2D eigenvalue weighted by Gasteiger charge is 2.22. The molecule has 3 aromatic carbocycles. The van der Waals surface area contributed by atoms with Gasteiger partial charge in [-0.25, -0.2) is 0 Å². The van der Waals surface area contributed by atoms with Gasteiger partial charge in [0.2, 0.25) is 5.91 Å². The molecule has 0 unspecified atom stereocenters. The Bertz CT molecular complexity index is 988. The molecule has 0 saturated heterocycles. The standard InChI is InChI=1S/C22H19Cl2N3O2/c23-17-12-16(13-18(24)20(17)25)26-22(29)19(11-14-7-3-1-4-8-14)27-21(28)15-9-5-2-6-10-15/h1-10,12-13,19H,11,25H2,(H,26,29)(H,27,28)/t19-/m0/s1. The van der Waals surface area contributed by atoms with E-state index in [4.69, 9.17) is 28.9 Å². The molecule has 0 spiro atoms. The molecule has 0 aliphatic carbocycles. The third kappa shape index (κ3) is 5.50. The highest BCUT2D eigenvalue weighted by atomic mass is 35.5. The van der Waals surface area contributed by atoms with E-state index in [0.717, 1.165) is 5.56 Å². The van der Waals surface area contributed by atoms with Gasteiger partial charge in [0.1, 0.15) is 6.04 Å². The summed E-state index contributed by atoms with van der Waals surface area (Å²) < 4.78 is 0. The summed E-state index contributed by atoms with van der Waals surface area (Å²) in [6.07, 6.45) is 0.321. The number of halogens is 2. The molecule has 2 amide bonds. The lowest BCUT2D eigenvalue weighted by Crippen LogP contribution is -2.45. The Labute approximate surface area is 178 Å². The summed E-state index contributed by atoms with van der Waals surface area (Å²) in [7, 11) is 0. The monoisotopic (exact) mass is 427 g/mol. The second kappa shape index (κ2) is 9.45. The first-order valence-electron chi connectivity index (χ1n) is 8.89. The molecule has 0 heterocycles. The number of hydrogen-bond donors (Lipinski definition) is 3. The van der Waals surface area contributed by atoms with Gasteiger partial charge in [0, 0.05) is 17.7 Å². The summed E-state index contributed by atoms with van der Waals surface area (Å²) in [5.74, 6) is -0.731. The SMILES string of the molecule is Nc1c(Cl)cc(NC(=O)[C@H](Cc2ccccc2)NC(=O)c2ccccc2)cc1Cl. The fraction of sp³-hybridized carbons (Fsp3) is 0.0909. The first-order chi connectivity index (χ1) is 13.9. The maximum absolute atomic E-state index is 12.9. The summed E-state index contributed by atoms with van der Waals surface area (Å²) in [6, 6.07) is 20.4. The fourth-order valence-electron chi connectivity index (χ4n) is 2.78. The normalized spacial score (nSPS) is 11.5. The van der Waals surface area contributed by atoms with Crippen molar-refractivity contribution in [3.8, 4) is 0 Å². The molecule has 4 N–H and O–H groups in total. The molecule has 3 rings (SSSR count). The van der Waals surface area contributed by atoms with Crippen LogP contribution in [0.3, 0.4) is 0 Å². The maximum atomic E-state index is 12.9. The number of nitrogen functional groups attached to an aromatic ring is 1. The first-order valence-corrected chi connectivity index (χ1v) is 9.65. The van der Waals surface area contributed by atoms with Crippen LogP contribution in [-0.2, 0) is 11.2 Å². The molecule has 0 radical (unpaired) electrons. The molecule has 0 aliphatic rings. The Morgan fingerprint density at radius 2 is 1.45 bits per heavy atom. The lowest BCUT2D eigenvalue weighted by molar-refractivity contribution is -0.118. The smallest absolute Gasteiger partial charge is 0.251 e. The second-order valence-electron chi connectivity index (χ2n) is 6.42. The van der Waals surface area contributed by atoms with Crippen LogP contribution in [0.1, 0.15) is 15.9 Å². The fourth-order valence-corrected chi connectivity index (χ4v) is 3.26. The van der Waals surface area contributed by atoms with Crippen molar-refractivity contribution < 1.29 is 9.59 Å². The van der Waals surface area contributed by atoms with Crippen LogP contribution in [0.2, 0.25) is 10.0 Å². The topological polar surface area (TPSA) is 84.2 Å². The molecule has 5 nitrogen and oxygen atoms in total. The number of carbonyl (C=O) groups excluding carboxylic acids is 2. The number of amides is 2. The zero-order valence-corrected chi connectivity index (χ0v) is 16.9. The van der Waals surface area contributed by atoms with Gasteiger partial charge < -0.3 is 16.4 Å². The minimum Gasteiger partial charge on any atom is -0.396 e. The van der Waals surface area contributed by atoms with Gasteiger partial charge in [-0.1, -0.05) is 71.7 Å². The summed E-state index contributed by atoms with van der Waals surface area (Å²) in [5.41, 5.74) is 7.76. The molecule has 0 aromatic heterocycles. The van der Waals surface area contributed by atoms with Crippen LogP contribution < -0.4 is 16.4 Å². The molecule has 0 fully saturated rings. The van der Waals surface area contributed by atoms with Crippen LogP contribution in [0.25, 0.3) is 0 Å². The summed E-state index contributed by atoms with van der Waals surface area (Å²) in [6.45, 7) is 0. The lowest BCUT2D eigenvalue weighted by Gasteiger charge is -2.19. The number of rotatable bonds is 6. The van der Waals surface area contributed by atoms with E-state index in [-0.39, 0.29) is 21.6 Å². The van der Waals surface area contributed by atoms with Gasteiger partial charge in [0.05, 0.1) is 15.7 Å². The van der Waals surface area contributed by atoms with Gasteiger partial charge in [-0.2, -0.15) is 0 Å². The highest BCUT2D eigenvalue weighted by molar-refractivity contribution is 6.39. The van der Waals surface area contributed by atoms with E-state index in [9.17, 15) is 9.59 Å². The van der Waals surface area contributed by atoms with E-state index >= 15 is 0 Å². The number of nitrogens with one attached hydrogen (secondary N) is 2. The Kier molecular flexibility index (Phi) is 6.75. The molecule has 7 heteroatoms. The number of carbonyl (C=O) groups is 2. The van der Waals surface area contributed by atoms with Crippen molar-refractivity contribution in [3.05, 3.63) is 94.0 Å². The molecule has 3 aromatic rings. The van der Waals surface area contributed by atoms with Crippen LogP contribution in [-0.4, -0.2) is 17.9 Å². The minimum absolute atomic E-state index is 0.237. The Hall–Kier alpha value is -3.02. The van der Waals surface area contributed by atoms with Gasteiger partial charge >= 0.3 is 0 Å². The Morgan fingerprint density at radius 3 is 2.03 bits per heavy atom. The summed E-state index contributed by atoms with van der Waals surface area (Å²) in [5, 5.41) is 6.02. The maximum Gasteiger partial charge on any atom is 0.251 e. The van der Waals surface area contributed by atoms with Crippen LogP contribution in [0.15, 0.2) is 72.8 Å². The number of nitrogens with two attached hydrogens (primary N) is 1. The molecular weight excluding hydrogens is 409 g/mol. The Morgan fingerprint density at radius 1 is 0.897 bits per heavy atom. The van der Waals surface area contributed by atoms with Crippen LogP contribution in [0, 0.1) is 0 Å². The van der Waals surface area contributed by atoms with Gasteiger partial charge in [0.15, 0.2) is 0 Å². The molecular formula is C22H19Cl2N3O2. The van der Waals surface area contributed by atoms with Crippen LogP contribution >= 0.6 is 23.2 Å². The molecule has 0 saturated carbocycles. The molecule has 148 valence electrons. The van der Waals surface area contributed by atoms with E-state index in [1.54, 1.807) is 24.3 Å². The zero-order valence-electron chi connectivity index (χ0n) is 15.4. The summed E-state index contributed by atoms with van der Waals surface area (Å²) in [4.78, 5) is 25.6. The number of hydrogen-bond acceptors (Lipinski definition) is 3. The van der Waals surface area contributed by atoms with E-state index in [1.165, 1.54) is 12.1 Å². The van der Waals surface area contributed by atoms with E-state index in [2.05, 4.69) is 10.6 Å². The van der Waals surface area contributed by atoms with Crippen molar-refractivity contribution in [1.82, 2.24) is 5.32 Å². The van der Waals surface area contributed by atoms with Gasteiger partial charge in [-0.15, -0.1) is 0 Å². The van der Waals surface area contributed by atoms with Crippen molar-refractivity contribution in [2.24, 2.45) is 0 Å². The van der Waals surface area contributed by atoms with Crippen LogP contribution in [0.4, 0.5) is 11.4 Å². The minimum atomic E-state index is -0.805. The largest absolute Gasteiger partial charge is 0.396 e. The highest BCUT2D eigenvalue weighted by Crippen LogP contribution is 2.31. The predicted octanol–water partition coefficient (Wildman–Crippen LogP) is 4.56. The lowest BCUT2D eigenvalue weighted by atomic mass is 10.0. The Balaban J connectivity index is 1.81. The van der Waals surface area contributed by atoms with Crippen molar-refractivity contribution in [2.45, 2.75) is 12.5 Å². The molecule has 29 heavy (non-hydrogen) atoms. The number of benzene rings is 3. The summed E-state index contributed by atoms with van der Waals surface area (Å²) >= 11 is 12.1. The van der Waals surface area contributed by atoms with Gasteiger partial charge in [-0.3, -0.25) is 9.59 Å².